The lowest BCUT2D eigenvalue weighted by atomic mass is 11.2. The first-order valence-corrected chi connectivity index (χ1v) is 1.65. The molecule has 4 heavy (non-hydrogen) atoms. The van der Waals surface area contributed by atoms with E-state index in [1.165, 1.54) is 4.99 Å². The quantitative estimate of drug-likeness (QED) is 0.478. The zero-order valence-corrected chi connectivity index (χ0v) is 3.49. The van der Waals surface area contributed by atoms with Gasteiger partial charge in [0.05, 0.1) is 0 Å². The van der Waals surface area contributed by atoms with Crippen molar-refractivity contribution < 1.29 is 5.11 Å². The highest BCUT2D eigenvalue weighted by molar-refractivity contribution is 9.11. The summed E-state index contributed by atoms with van der Waals surface area (Å²) in [5.41, 5.74) is 0. The first-order valence-electron chi connectivity index (χ1n) is 0.730. The van der Waals surface area contributed by atoms with Crippen molar-refractivity contribution in [2.45, 2.75) is 0 Å². The van der Waals surface area contributed by atoms with E-state index in [0.29, 0.717) is 0 Å². The van der Waals surface area contributed by atoms with E-state index < -0.39 is 0 Å². The van der Waals surface area contributed by atoms with Crippen LogP contribution in [-0.2, 0) is 0 Å². The Morgan fingerprint density at radius 3 is 2.25 bits per heavy atom. The Hall–Kier alpha value is 0.0200. The molecule has 0 aliphatic heterocycles. The van der Waals surface area contributed by atoms with E-state index in [-0.39, 0.29) is 0 Å². The second-order valence-electron chi connectivity index (χ2n) is 0.238. The second kappa shape index (κ2) is 3.02. The molecule has 0 atom stereocenters. The molecule has 0 amide bonds. The molecule has 23 valence electrons. The van der Waals surface area contributed by atoms with Gasteiger partial charge in [-0.2, -0.15) is 0 Å². The summed E-state index contributed by atoms with van der Waals surface area (Å²) in [5.74, 6) is 0. The maximum absolute atomic E-state index is 7.52. The van der Waals surface area contributed by atoms with Crippen LogP contribution in [0.4, 0.5) is 0 Å². The second-order valence-corrected chi connectivity index (χ2v) is 0.696. The van der Waals surface area contributed by atoms with Crippen molar-refractivity contribution in [3.05, 3.63) is 11.2 Å². The Bertz CT molecular complexity index is 21.2. The molecule has 0 aromatic rings. The highest BCUT2D eigenvalue weighted by Crippen LogP contribution is 1.73. The summed E-state index contributed by atoms with van der Waals surface area (Å²) in [6.45, 7) is 0. The Morgan fingerprint density at radius 2 is 2.25 bits per heavy atom. The molecule has 0 fully saturated rings. The Labute approximate surface area is 33.1 Å². The minimum atomic E-state index is 1.24. The third-order valence-corrected chi connectivity index (χ3v) is 0.254. The predicted octanol–water partition coefficient (Wildman–Crippen LogP) is 1.21. The molecule has 1 nitrogen and oxygen atoms in total. The van der Waals surface area contributed by atoms with Gasteiger partial charge >= 0.3 is 0 Å². The van der Waals surface area contributed by atoms with Crippen molar-refractivity contribution in [2.24, 2.45) is 0 Å². The fraction of sp³-hybridized carbons (Fsp3) is 0. The van der Waals surface area contributed by atoms with Gasteiger partial charge in [0.15, 0.2) is 6.26 Å². The van der Waals surface area contributed by atoms with Crippen LogP contribution in [0.2, 0.25) is 0 Å². The van der Waals surface area contributed by atoms with Crippen LogP contribution >= 0.6 is 15.9 Å². The fourth-order valence-electron chi connectivity index (χ4n) is 0. The van der Waals surface area contributed by atoms with Crippen LogP contribution in [0.25, 0.3) is 0 Å². The smallest absolute Gasteiger partial charge is 0.165 e. The normalized spacial score (nSPS) is 9.25. The standard InChI is InChI=1S/C2H2BrO/c3-1-2-4/h1,4H. The third-order valence-electron chi connectivity index (χ3n) is 0.0488. The number of hydrogen-bond acceptors (Lipinski definition) is 1. The largest absolute Gasteiger partial charge is 0.504 e. The minimum absolute atomic E-state index is 1.24. The summed E-state index contributed by atoms with van der Waals surface area (Å²) in [4.78, 5) is 1.24. The van der Waals surface area contributed by atoms with Crippen LogP contribution < -0.4 is 0 Å². The third kappa shape index (κ3) is 2.02. The van der Waals surface area contributed by atoms with Gasteiger partial charge in [-0.15, -0.1) is 0 Å². The maximum atomic E-state index is 7.52. The number of aliphatic hydroxyl groups excluding tert-OH is 1. The van der Waals surface area contributed by atoms with E-state index >= 15 is 0 Å². The van der Waals surface area contributed by atoms with Gasteiger partial charge in [-0.1, -0.05) is 15.9 Å². The summed E-state index contributed by atoms with van der Waals surface area (Å²) in [6.07, 6.45) is 1.72. The maximum Gasteiger partial charge on any atom is 0.165 e. The van der Waals surface area contributed by atoms with Crippen LogP contribution in [0.1, 0.15) is 0 Å². The minimum Gasteiger partial charge on any atom is -0.504 e. The predicted molar refractivity (Wildman–Crippen MR) is 19.4 cm³/mol. The Balaban J connectivity index is 2.55. The van der Waals surface area contributed by atoms with E-state index in [0.717, 1.165) is 0 Å². The molecule has 0 heterocycles. The lowest BCUT2D eigenvalue weighted by Gasteiger charge is -1.48. The van der Waals surface area contributed by atoms with Crippen LogP contribution in [0.3, 0.4) is 0 Å². The van der Waals surface area contributed by atoms with E-state index in [9.17, 15) is 0 Å². The molecule has 1 N–H and O–H groups in total. The molecule has 0 bridgehead atoms. The zero-order chi connectivity index (χ0) is 3.41. The average molecular weight is 122 g/mol. The number of rotatable bonds is 0. The van der Waals surface area contributed by atoms with Gasteiger partial charge in [-0.3, -0.25) is 0 Å². The van der Waals surface area contributed by atoms with Gasteiger partial charge in [-0.25, -0.2) is 0 Å². The van der Waals surface area contributed by atoms with Gasteiger partial charge in [0.1, 0.15) is 0 Å². The van der Waals surface area contributed by atoms with E-state index in [4.69, 9.17) is 5.11 Å². The number of hydrogen-bond donors (Lipinski definition) is 1. The summed E-state index contributed by atoms with van der Waals surface area (Å²) in [7, 11) is 0. The molecule has 2 heteroatoms. The van der Waals surface area contributed by atoms with Crippen molar-refractivity contribution in [3.63, 3.8) is 0 Å². The van der Waals surface area contributed by atoms with Crippen LogP contribution in [0.15, 0.2) is 4.99 Å². The molecule has 0 saturated carbocycles. The van der Waals surface area contributed by atoms with E-state index in [1.807, 2.05) is 0 Å². The Kier molecular flexibility index (Phi) is 3.04. The van der Waals surface area contributed by atoms with Crippen molar-refractivity contribution in [1.29, 1.82) is 0 Å². The van der Waals surface area contributed by atoms with E-state index in [1.54, 1.807) is 6.26 Å². The molecular formula is C2H2BrO. The number of aliphatic hydroxyl groups is 1. The van der Waals surface area contributed by atoms with Gasteiger partial charge in [-0.05, 0) is 0 Å². The van der Waals surface area contributed by atoms with E-state index in [2.05, 4.69) is 15.9 Å². The van der Waals surface area contributed by atoms with Crippen molar-refractivity contribution in [2.75, 3.05) is 0 Å². The highest BCUT2D eigenvalue weighted by Gasteiger charge is 1.41. The monoisotopic (exact) mass is 121 g/mol. The SMILES string of the molecule is O[C]=CBr. The van der Waals surface area contributed by atoms with Crippen LogP contribution in [0, 0.1) is 6.26 Å². The molecule has 1 radical (unpaired) electrons. The molecule has 0 aliphatic rings. The van der Waals surface area contributed by atoms with Crippen LogP contribution in [-0.4, -0.2) is 5.11 Å². The lowest BCUT2D eigenvalue weighted by molar-refractivity contribution is 0.444. The van der Waals surface area contributed by atoms with Gasteiger partial charge in [0.25, 0.3) is 0 Å². The lowest BCUT2D eigenvalue weighted by Crippen LogP contribution is -1.34. The Morgan fingerprint density at radius 1 is 2.00 bits per heavy atom. The highest BCUT2D eigenvalue weighted by atomic mass is 79.9. The fourth-order valence-corrected chi connectivity index (χ4v) is 0. The molecule has 0 aromatic carbocycles. The number of halogens is 1. The van der Waals surface area contributed by atoms with Crippen molar-refractivity contribution >= 4 is 15.9 Å². The zero-order valence-electron chi connectivity index (χ0n) is 1.90. The molecule has 0 aliphatic carbocycles. The average Bonchev–Trinajstić information content (AvgIpc) is 1.37. The molecule has 0 aromatic heterocycles. The summed E-state index contributed by atoms with van der Waals surface area (Å²) >= 11 is 2.76. The summed E-state index contributed by atoms with van der Waals surface area (Å²) < 4.78 is 0. The summed E-state index contributed by atoms with van der Waals surface area (Å²) in [6, 6.07) is 0. The molecule has 0 spiro atoms. The molecule has 0 rings (SSSR count). The van der Waals surface area contributed by atoms with Gasteiger partial charge in [0, 0.05) is 4.99 Å². The van der Waals surface area contributed by atoms with Crippen molar-refractivity contribution in [1.82, 2.24) is 0 Å². The van der Waals surface area contributed by atoms with Crippen LogP contribution in [0.5, 0.6) is 0 Å². The summed E-state index contributed by atoms with van der Waals surface area (Å²) in [5, 5.41) is 7.52. The molecule has 0 unspecified atom stereocenters. The topological polar surface area (TPSA) is 20.2 Å². The van der Waals surface area contributed by atoms with Gasteiger partial charge in [0.2, 0.25) is 0 Å². The van der Waals surface area contributed by atoms with Crippen molar-refractivity contribution in [3.8, 4) is 0 Å². The first-order chi connectivity index (χ1) is 1.91. The molecule has 0 saturated heterocycles. The first kappa shape index (κ1) is 4.02. The molecular weight excluding hydrogens is 120 g/mol. The van der Waals surface area contributed by atoms with Gasteiger partial charge < -0.3 is 5.11 Å².